The SMILES string of the molecule is CC1CCOC1C(N)c1cc2c(cc1Br)OCCO2. The molecule has 1 aromatic carbocycles. The second-order valence-corrected chi connectivity index (χ2v) is 6.00. The van der Waals surface area contributed by atoms with Gasteiger partial charge in [-0.2, -0.15) is 0 Å². The van der Waals surface area contributed by atoms with Crippen LogP contribution in [0, 0.1) is 5.92 Å². The number of fused-ring (bicyclic) bond motifs is 1. The van der Waals surface area contributed by atoms with Gasteiger partial charge in [0.2, 0.25) is 0 Å². The van der Waals surface area contributed by atoms with E-state index in [-0.39, 0.29) is 12.1 Å². The summed E-state index contributed by atoms with van der Waals surface area (Å²) in [5.41, 5.74) is 7.39. The Balaban J connectivity index is 1.91. The van der Waals surface area contributed by atoms with Crippen LogP contribution in [0.5, 0.6) is 11.5 Å². The van der Waals surface area contributed by atoms with Crippen LogP contribution in [0.1, 0.15) is 24.9 Å². The van der Waals surface area contributed by atoms with Gasteiger partial charge >= 0.3 is 0 Å². The van der Waals surface area contributed by atoms with E-state index in [1.807, 2.05) is 12.1 Å². The van der Waals surface area contributed by atoms with Crippen molar-refractivity contribution in [2.24, 2.45) is 11.7 Å². The van der Waals surface area contributed by atoms with E-state index in [0.29, 0.717) is 19.1 Å². The molecule has 0 amide bonds. The van der Waals surface area contributed by atoms with Gasteiger partial charge in [0.25, 0.3) is 0 Å². The maximum absolute atomic E-state index is 6.37. The van der Waals surface area contributed by atoms with Crippen LogP contribution < -0.4 is 15.2 Å². The van der Waals surface area contributed by atoms with Gasteiger partial charge in [-0.15, -0.1) is 0 Å². The predicted octanol–water partition coefficient (Wildman–Crippen LogP) is 2.65. The number of nitrogens with two attached hydrogens (primary N) is 1. The predicted molar refractivity (Wildman–Crippen MR) is 75.6 cm³/mol. The highest BCUT2D eigenvalue weighted by Gasteiger charge is 2.32. The molecule has 3 unspecified atom stereocenters. The van der Waals surface area contributed by atoms with Crippen molar-refractivity contribution in [2.75, 3.05) is 19.8 Å². The van der Waals surface area contributed by atoms with Crippen LogP contribution in [0.25, 0.3) is 0 Å². The fourth-order valence-electron chi connectivity index (χ4n) is 2.69. The maximum atomic E-state index is 6.37. The van der Waals surface area contributed by atoms with E-state index in [9.17, 15) is 0 Å². The summed E-state index contributed by atoms with van der Waals surface area (Å²) in [5.74, 6) is 2.02. The molecule has 0 aliphatic carbocycles. The van der Waals surface area contributed by atoms with E-state index >= 15 is 0 Å². The van der Waals surface area contributed by atoms with Gasteiger partial charge in [-0.25, -0.2) is 0 Å². The van der Waals surface area contributed by atoms with Gasteiger partial charge in [-0.05, 0) is 30.0 Å². The Morgan fingerprint density at radius 2 is 1.89 bits per heavy atom. The van der Waals surface area contributed by atoms with Crippen molar-refractivity contribution in [3.8, 4) is 11.5 Å². The van der Waals surface area contributed by atoms with Gasteiger partial charge in [-0.3, -0.25) is 0 Å². The molecule has 3 rings (SSSR count). The minimum Gasteiger partial charge on any atom is -0.486 e. The third-order valence-corrected chi connectivity index (χ3v) is 4.51. The molecule has 0 bridgehead atoms. The summed E-state index contributed by atoms with van der Waals surface area (Å²) in [4.78, 5) is 0. The summed E-state index contributed by atoms with van der Waals surface area (Å²) in [6.07, 6.45) is 1.14. The van der Waals surface area contributed by atoms with Crippen LogP contribution in [0.15, 0.2) is 16.6 Å². The Kier molecular flexibility index (Phi) is 3.69. The van der Waals surface area contributed by atoms with E-state index in [4.69, 9.17) is 19.9 Å². The lowest BCUT2D eigenvalue weighted by atomic mass is 9.93. The van der Waals surface area contributed by atoms with Gasteiger partial charge in [0.15, 0.2) is 11.5 Å². The molecule has 0 spiro atoms. The zero-order valence-corrected chi connectivity index (χ0v) is 12.5. The highest BCUT2D eigenvalue weighted by atomic mass is 79.9. The second kappa shape index (κ2) is 5.31. The molecule has 2 N–H and O–H groups in total. The fraction of sp³-hybridized carbons (Fsp3) is 0.571. The van der Waals surface area contributed by atoms with Crippen molar-refractivity contribution in [2.45, 2.75) is 25.5 Å². The molecule has 0 radical (unpaired) electrons. The molecule has 19 heavy (non-hydrogen) atoms. The summed E-state index contributed by atoms with van der Waals surface area (Å²) >= 11 is 3.57. The molecule has 5 heteroatoms. The van der Waals surface area contributed by atoms with Crippen molar-refractivity contribution in [3.05, 3.63) is 22.2 Å². The fourth-order valence-corrected chi connectivity index (χ4v) is 3.27. The number of ether oxygens (including phenoxy) is 3. The average molecular weight is 328 g/mol. The zero-order chi connectivity index (χ0) is 13.4. The van der Waals surface area contributed by atoms with Crippen LogP contribution in [-0.2, 0) is 4.74 Å². The first-order chi connectivity index (χ1) is 9.16. The number of rotatable bonds is 2. The quantitative estimate of drug-likeness (QED) is 0.907. The van der Waals surface area contributed by atoms with Crippen molar-refractivity contribution < 1.29 is 14.2 Å². The Morgan fingerprint density at radius 3 is 2.53 bits per heavy atom. The summed E-state index contributed by atoms with van der Waals surface area (Å²) in [6, 6.07) is 3.75. The largest absolute Gasteiger partial charge is 0.486 e. The number of benzene rings is 1. The molecule has 1 fully saturated rings. The summed E-state index contributed by atoms with van der Waals surface area (Å²) in [7, 11) is 0. The lowest BCUT2D eigenvalue weighted by Gasteiger charge is -2.26. The Bertz CT molecular complexity index is 480. The smallest absolute Gasteiger partial charge is 0.162 e. The lowest BCUT2D eigenvalue weighted by molar-refractivity contribution is 0.0721. The van der Waals surface area contributed by atoms with Gasteiger partial charge in [0.05, 0.1) is 12.1 Å². The normalized spacial score (nSPS) is 27.3. The number of halogens is 1. The van der Waals surface area contributed by atoms with Crippen molar-refractivity contribution in [1.29, 1.82) is 0 Å². The monoisotopic (exact) mass is 327 g/mol. The van der Waals surface area contributed by atoms with Gasteiger partial charge in [0.1, 0.15) is 13.2 Å². The standard InChI is InChI=1S/C14H18BrNO3/c1-8-2-3-19-14(8)13(16)9-6-11-12(7-10(9)15)18-5-4-17-11/h6-8,13-14H,2-5,16H2,1H3. The second-order valence-electron chi connectivity index (χ2n) is 5.14. The molecule has 3 atom stereocenters. The molecule has 2 heterocycles. The van der Waals surface area contributed by atoms with E-state index in [1.165, 1.54) is 0 Å². The van der Waals surface area contributed by atoms with E-state index in [2.05, 4.69) is 22.9 Å². The van der Waals surface area contributed by atoms with Crippen LogP contribution in [0.3, 0.4) is 0 Å². The molecular weight excluding hydrogens is 310 g/mol. The minimum atomic E-state index is -0.150. The third-order valence-electron chi connectivity index (χ3n) is 3.82. The Hall–Kier alpha value is -0.780. The number of hydrogen-bond acceptors (Lipinski definition) is 4. The molecule has 2 aliphatic rings. The van der Waals surface area contributed by atoms with Crippen molar-refractivity contribution >= 4 is 15.9 Å². The highest BCUT2D eigenvalue weighted by molar-refractivity contribution is 9.10. The first kappa shape index (κ1) is 13.2. The molecule has 0 aromatic heterocycles. The van der Waals surface area contributed by atoms with Crippen LogP contribution in [-0.4, -0.2) is 25.9 Å². The summed E-state index contributed by atoms with van der Waals surface area (Å²) in [5, 5.41) is 0. The summed E-state index contributed by atoms with van der Waals surface area (Å²) < 4.78 is 17.9. The topological polar surface area (TPSA) is 53.7 Å². The van der Waals surface area contributed by atoms with Gasteiger partial charge in [0, 0.05) is 11.1 Å². The molecular formula is C14H18BrNO3. The minimum absolute atomic E-state index is 0.0684. The highest BCUT2D eigenvalue weighted by Crippen LogP contribution is 2.40. The Labute approximate surface area is 121 Å². The van der Waals surface area contributed by atoms with Crippen LogP contribution >= 0.6 is 15.9 Å². The van der Waals surface area contributed by atoms with Crippen LogP contribution in [0.4, 0.5) is 0 Å². The van der Waals surface area contributed by atoms with E-state index in [1.54, 1.807) is 0 Å². The van der Waals surface area contributed by atoms with Crippen molar-refractivity contribution in [1.82, 2.24) is 0 Å². The van der Waals surface area contributed by atoms with E-state index < -0.39 is 0 Å². The molecule has 1 saturated heterocycles. The zero-order valence-electron chi connectivity index (χ0n) is 10.9. The number of hydrogen-bond donors (Lipinski definition) is 1. The third kappa shape index (κ3) is 2.47. The van der Waals surface area contributed by atoms with Crippen molar-refractivity contribution in [3.63, 3.8) is 0 Å². The maximum Gasteiger partial charge on any atom is 0.162 e. The average Bonchev–Trinajstić information content (AvgIpc) is 2.83. The van der Waals surface area contributed by atoms with Gasteiger partial charge in [-0.1, -0.05) is 22.9 Å². The van der Waals surface area contributed by atoms with Crippen LogP contribution in [0.2, 0.25) is 0 Å². The molecule has 104 valence electrons. The van der Waals surface area contributed by atoms with E-state index in [0.717, 1.165) is 34.6 Å². The molecule has 2 aliphatic heterocycles. The molecule has 0 saturated carbocycles. The molecule has 4 nitrogen and oxygen atoms in total. The Morgan fingerprint density at radius 1 is 1.21 bits per heavy atom. The first-order valence-corrected chi connectivity index (χ1v) is 7.42. The summed E-state index contributed by atoms with van der Waals surface area (Å²) in [6.45, 7) is 4.15. The first-order valence-electron chi connectivity index (χ1n) is 6.63. The van der Waals surface area contributed by atoms with Gasteiger partial charge < -0.3 is 19.9 Å². The lowest BCUT2D eigenvalue weighted by Crippen LogP contribution is -2.30. The molecule has 1 aromatic rings.